The largest absolute Gasteiger partial charge is 0.394 e. The van der Waals surface area contributed by atoms with E-state index in [2.05, 4.69) is 18.5 Å². The Morgan fingerprint density at radius 3 is 2.48 bits per heavy atom. The molecule has 128 valence electrons. The highest BCUT2D eigenvalue weighted by Gasteiger charge is 2.13. The van der Waals surface area contributed by atoms with Gasteiger partial charge in [-0.15, -0.1) is 0 Å². The van der Waals surface area contributed by atoms with Crippen molar-refractivity contribution in [3.05, 3.63) is 89.8 Å². The van der Waals surface area contributed by atoms with E-state index in [0.717, 1.165) is 16.7 Å². The zero-order chi connectivity index (χ0) is 18.2. The van der Waals surface area contributed by atoms with E-state index >= 15 is 0 Å². The SMILES string of the molecule is C=Cc1ccc(C(CO)NC(=O)/C=C/c2ccccc2F)cc1C=C. The first-order chi connectivity index (χ1) is 12.1. The van der Waals surface area contributed by atoms with Crippen molar-refractivity contribution in [2.45, 2.75) is 6.04 Å². The molecule has 0 saturated carbocycles. The molecule has 1 atom stereocenters. The second kappa shape index (κ2) is 8.76. The number of hydrogen-bond acceptors (Lipinski definition) is 2. The van der Waals surface area contributed by atoms with Gasteiger partial charge in [-0.25, -0.2) is 4.39 Å². The maximum atomic E-state index is 13.5. The third-order valence-electron chi connectivity index (χ3n) is 3.77. The van der Waals surface area contributed by atoms with Gasteiger partial charge in [0.25, 0.3) is 0 Å². The van der Waals surface area contributed by atoms with Gasteiger partial charge < -0.3 is 10.4 Å². The van der Waals surface area contributed by atoms with Gasteiger partial charge in [0, 0.05) is 11.6 Å². The van der Waals surface area contributed by atoms with Crippen LogP contribution < -0.4 is 5.32 Å². The Morgan fingerprint density at radius 1 is 1.12 bits per heavy atom. The molecular formula is C21H20FNO2. The molecule has 0 aliphatic rings. The van der Waals surface area contributed by atoms with Crippen LogP contribution in [0, 0.1) is 5.82 Å². The van der Waals surface area contributed by atoms with Gasteiger partial charge in [-0.1, -0.05) is 55.6 Å². The van der Waals surface area contributed by atoms with Gasteiger partial charge in [0.2, 0.25) is 5.91 Å². The van der Waals surface area contributed by atoms with E-state index in [4.69, 9.17) is 0 Å². The number of carbonyl (C=O) groups excluding carboxylic acids is 1. The number of halogens is 1. The molecule has 2 rings (SSSR count). The molecule has 2 aromatic rings. The van der Waals surface area contributed by atoms with Crippen LogP contribution in [0.15, 0.2) is 61.7 Å². The van der Waals surface area contributed by atoms with Crippen molar-refractivity contribution in [3.63, 3.8) is 0 Å². The second-order valence-corrected chi connectivity index (χ2v) is 5.40. The van der Waals surface area contributed by atoms with Gasteiger partial charge in [-0.2, -0.15) is 0 Å². The zero-order valence-corrected chi connectivity index (χ0v) is 13.8. The van der Waals surface area contributed by atoms with E-state index in [0.29, 0.717) is 5.56 Å². The smallest absolute Gasteiger partial charge is 0.244 e. The van der Waals surface area contributed by atoms with Gasteiger partial charge >= 0.3 is 0 Å². The molecule has 1 amide bonds. The summed E-state index contributed by atoms with van der Waals surface area (Å²) in [5, 5.41) is 12.3. The van der Waals surface area contributed by atoms with Crippen molar-refractivity contribution in [2.75, 3.05) is 6.61 Å². The van der Waals surface area contributed by atoms with E-state index in [-0.39, 0.29) is 6.61 Å². The summed E-state index contributed by atoms with van der Waals surface area (Å²) < 4.78 is 13.5. The molecule has 0 aromatic heterocycles. The molecule has 2 N–H and O–H groups in total. The minimum Gasteiger partial charge on any atom is -0.394 e. The van der Waals surface area contributed by atoms with Crippen LogP contribution in [0.2, 0.25) is 0 Å². The topological polar surface area (TPSA) is 49.3 Å². The van der Waals surface area contributed by atoms with Crippen LogP contribution >= 0.6 is 0 Å². The monoisotopic (exact) mass is 337 g/mol. The fraction of sp³-hybridized carbons (Fsp3) is 0.0952. The summed E-state index contributed by atoms with van der Waals surface area (Å²) in [4.78, 5) is 12.1. The Kier molecular flexibility index (Phi) is 6.43. The summed E-state index contributed by atoms with van der Waals surface area (Å²) in [7, 11) is 0. The van der Waals surface area contributed by atoms with Crippen LogP contribution in [-0.4, -0.2) is 17.6 Å². The molecule has 4 heteroatoms. The van der Waals surface area contributed by atoms with Gasteiger partial charge in [0.05, 0.1) is 12.6 Å². The Balaban J connectivity index is 2.14. The number of amides is 1. The van der Waals surface area contributed by atoms with E-state index in [1.807, 2.05) is 18.2 Å². The summed E-state index contributed by atoms with van der Waals surface area (Å²) in [5.41, 5.74) is 2.85. The number of hydrogen-bond donors (Lipinski definition) is 2. The molecule has 3 nitrogen and oxygen atoms in total. The number of aliphatic hydroxyl groups is 1. The fourth-order valence-corrected chi connectivity index (χ4v) is 2.40. The van der Waals surface area contributed by atoms with Crippen LogP contribution in [0.5, 0.6) is 0 Å². The highest BCUT2D eigenvalue weighted by molar-refractivity contribution is 5.92. The highest BCUT2D eigenvalue weighted by Crippen LogP contribution is 2.20. The fourth-order valence-electron chi connectivity index (χ4n) is 2.40. The molecule has 2 aromatic carbocycles. The Hall–Kier alpha value is -2.98. The molecule has 0 heterocycles. The predicted octanol–water partition coefficient (Wildman–Crippen LogP) is 3.97. The summed E-state index contributed by atoms with van der Waals surface area (Å²) in [6.07, 6.45) is 6.04. The van der Waals surface area contributed by atoms with Gasteiger partial charge in [0.1, 0.15) is 5.82 Å². The molecule has 0 fully saturated rings. The van der Waals surface area contributed by atoms with Crippen LogP contribution in [0.25, 0.3) is 18.2 Å². The standard InChI is InChI=1S/C21H20FNO2/c1-3-15-9-10-18(13-16(15)4-2)20(14-24)23-21(25)12-11-17-7-5-6-8-19(17)22/h3-13,20,24H,1-2,14H2,(H,23,25)/b12-11+. The number of nitrogens with one attached hydrogen (secondary N) is 1. The molecule has 1 unspecified atom stereocenters. The molecule has 0 saturated heterocycles. The first-order valence-electron chi connectivity index (χ1n) is 7.81. The summed E-state index contributed by atoms with van der Waals surface area (Å²) in [6.45, 7) is 7.23. The number of rotatable bonds is 7. The van der Waals surface area contributed by atoms with Crippen molar-refractivity contribution in [2.24, 2.45) is 0 Å². The summed E-state index contributed by atoms with van der Waals surface area (Å²) >= 11 is 0. The lowest BCUT2D eigenvalue weighted by Gasteiger charge is -2.17. The Bertz CT molecular complexity index is 811. The van der Waals surface area contributed by atoms with Crippen molar-refractivity contribution < 1.29 is 14.3 Å². The predicted molar refractivity (Wildman–Crippen MR) is 100 cm³/mol. The van der Waals surface area contributed by atoms with Crippen molar-refractivity contribution in [1.29, 1.82) is 0 Å². The van der Waals surface area contributed by atoms with Gasteiger partial charge in [0.15, 0.2) is 0 Å². The summed E-state index contributed by atoms with van der Waals surface area (Å²) in [5.74, 6) is -0.823. The van der Waals surface area contributed by atoms with Gasteiger partial charge in [-0.3, -0.25) is 4.79 Å². The lowest BCUT2D eigenvalue weighted by molar-refractivity contribution is -0.117. The first-order valence-corrected chi connectivity index (χ1v) is 7.81. The average molecular weight is 337 g/mol. The van der Waals surface area contributed by atoms with Crippen LogP contribution in [0.4, 0.5) is 4.39 Å². The van der Waals surface area contributed by atoms with E-state index in [9.17, 15) is 14.3 Å². The van der Waals surface area contributed by atoms with E-state index < -0.39 is 17.8 Å². The quantitative estimate of drug-likeness (QED) is 0.751. The van der Waals surface area contributed by atoms with Crippen LogP contribution in [0.3, 0.4) is 0 Å². The van der Waals surface area contributed by atoms with Crippen molar-refractivity contribution in [1.82, 2.24) is 5.32 Å². The minimum absolute atomic E-state index is 0.261. The summed E-state index contributed by atoms with van der Waals surface area (Å²) in [6, 6.07) is 11.1. The maximum Gasteiger partial charge on any atom is 0.244 e. The zero-order valence-electron chi connectivity index (χ0n) is 13.8. The normalized spacial score (nSPS) is 11.9. The van der Waals surface area contributed by atoms with Crippen molar-refractivity contribution in [3.8, 4) is 0 Å². The molecule has 25 heavy (non-hydrogen) atoms. The Labute approximate surface area is 146 Å². The molecule has 0 radical (unpaired) electrons. The molecule has 0 aliphatic heterocycles. The number of carbonyl (C=O) groups is 1. The average Bonchev–Trinajstić information content (AvgIpc) is 2.64. The van der Waals surface area contributed by atoms with E-state index in [1.165, 1.54) is 18.2 Å². The molecular weight excluding hydrogens is 317 g/mol. The maximum absolute atomic E-state index is 13.5. The van der Waals surface area contributed by atoms with Gasteiger partial charge in [-0.05, 0) is 34.9 Å². The number of benzene rings is 2. The third-order valence-corrected chi connectivity index (χ3v) is 3.77. The van der Waals surface area contributed by atoms with Crippen LogP contribution in [0.1, 0.15) is 28.3 Å². The molecule has 0 aliphatic carbocycles. The molecule has 0 spiro atoms. The highest BCUT2D eigenvalue weighted by atomic mass is 19.1. The first kappa shape index (κ1) is 18.4. The molecule has 0 bridgehead atoms. The Morgan fingerprint density at radius 2 is 1.84 bits per heavy atom. The van der Waals surface area contributed by atoms with E-state index in [1.54, 1.807) is 30.4 Å². The second-order valence-electron chi connectivity index (χ2n) is 5.40. The van der Waals surface area contributed by atoms with Crippen molar-refractivity contribution >= 4 is 24.1 Å². The van der Waals surface area contributed by atoms with Crippen LogP contribution in [-0.2, 0) is 4.79 Å². The minimum atomic E-state index is -0.574. The lowest BCUT2D eigenvalue weighted by atomic mass is 9.99. The number of aliphatic hydroxyl groups excluding tert-OH is 1. The lowest BCUT2D eigenvalue weighted by Crippen LogP contribution is -2.29. The third kappa shape index (κ3) is 4.75.